The molecule has 0 N–H and O–H groups in total. The minimum Gasteiger partial charge on any atom is -0.661 e. The first-order chi connectivity index (χ1) is 4.57. The van der Waals surface area contributed by atoms with E-state index in [-0.39, 0.29) is 28.6 Å². The molecule has 0 saturated carbocycles. The maximum atomic E-state index is 10.2. The van der Waals surface area contributed by atoms with E-state index in [4.69, 9.17) is 0 Å². The van der Waals surface area contributed by atoms with Crippen LogP contribution in [0.25, 0.3) is 0 Å². The molecule has 0 aromatic rings. The molecular formula is C5H4MgO5. The van der Waals surface area contributed by atoms with Crippen LogP contribution in [0.3, 0.4) is 0 Å². The summed E-state index contributed by atoms with van der Waals surface area (Å²) in [5, 5.41) is 19.1. The van der Waals surface area contributed by atoms with Gasteiger partial charge in [-0.1, -0.05) is 0 Å². The van der Waals surface area contributed by atoms with Crippen LogP contribution in [0.4, 0.5) is 0 Å². The van der Waals surface area contributed by atoms with Gasteiger partial charge < -0.3 is 20.0 Å². The van der Waals surface area contributed by atoms with Gasteiger partial charge in [0.05, 0.1) is 5.97 Å². The second-order valence-electron chi connectivity index (χ2n) is 1.52. The number of carbonyl (C=O) groups excluding carboxylic acids is 2. The molecule has 0 bridgehead atoms. The largest absolute Gasteiger partial charge is 2.00 e. The van der Waals surface area contributed by atoms with Crippen LogP contribution in [-0.2, 0) is 14.5 Å². The van der Waals surface area contributed by atoms with E-state index in [1.807, 2.05) is 0 Å². The van der Waals surface area contributed by atoms with Crippen molar-refractivity contribution in [3.8, 4) is 0 Å². The normalized spacial score (nSPS) is 9.82. The van der Waals surface area contributed by atoms with Crippen molar-refractivity contribution < 1.29 is 24.8 Å². The fourth-order valence-corrected chi connectivity index (χ4v) is 0.301. The summed E-state index contributed by atoms with van der Waals surface area (Å²) < 4.78 is 0. The van der Waals surface area contributed by atoms with Crippen LogP contribution in [0.5, 0.6) is 0 Å². The minimum absolute atomic E-state index is 0. The van der Waals surface area contributed by atoms with Gasteiger partial charge in [0, 0.05) is 5.57 Å². The number of carboxylic acids is 1. The molecule has 0 amide bonds. The molecule has 0 aliphatic rings. The molecule has 0 unspecified atom stereocenters. The monoisotopic (exact) mass is 168 g/mol. The van der Waals surface area contributed by atoms with E-state index >= 15 is 0 Å². The zero-order chi connectivity index (χ0) is 8.15. The third kappa shape index (κ3) is 5.83. The van der Waals surface area contributed by atoms with Crippen LogP contribution in [0, 0.1) is 0 Å². The Morgan fingerprint density at radius 3 is 2.18 bits per heavy atom. The van der Waals surface area contributed by atoms with Gasteiger partial charge in [-0.25, -0.2) is 4.79 Å². The van der Waals surface area contributed by atoms with Gasteiger partial charge in [0.1, 0.15) is 0 Å². The fourth-order valence-electron chi connectivity index (χ4n) is 0.301. The van der Waals surface area contributed by atoms with Gasteiger partial charge >= 0.3 is 29.0 Å². The van der Waals surface area contributed by atoms with Crippen molar-refractivity contribution in [2.75, 3.05) is 0 Å². The second-order valence-corrected chi connectivity index (χ2v) is 1.52. The van der Waals surface area contributed by atoms with Crippen molar-refractivity contribution in [1.29, 1.82) is 0 Å². The van der Waals surface area contributed by atoms with Crippen molar-refractivity contribution in [2.45, 2.75) is 6.92 Å². The SMILES string of the molecule is CC(=CC(=O)[O-])C(=O)O[O-].[Mg+2]. The topological polar surface area (TPSA) is 89.5 Å². The Morgan fingerprint density at radius 2 is 1.91 bits per heavy atom. The average molecular weight is 168 g/mol. The maximum absolute atomic E-state index is 10.2. The Kier molecular flexibility index (Phi) is 7.27. The number of hydrogen-bond acceptors (Lipinski definition) is 5. The second kappa shape index (κ2) is 6.14. The van der Waals surface area contributed by atoms with Crippen LogP contribution in [0.15, 0.2) is 11.6 Å². The molecule has 0 aromatic heterocycles. The smallest absolute Gasteiger partial charge is 0.661 e. The molecule has 6 heteroatoms. The van der Waals surface area contributed by atoms with Gasteiger partial charge in [-0.05, 0) is 13.0 Å². The molecule has 0 aliphatic heterocycles. The van der Waals surface area contributed by atoms with E-state index < -0.39 is 11.9 Å². The van der Waals surface area contributed by atoms with Crippen LogP contribution >= 0.6 is 0 Å². The molecule has 0 aliphatic carbocycles. The van der Waals surface area contributed by atoms with E-state index in [1.54, 1.807) is 0 Å². The Morgan fingerprint density at radius 1 is 1.45 bits per heavy atom. The van der Waals surface area contributed by atoms with E-state index in [9.17, 15) is 20.0 Å². The first-order valence-electron chi connectivity index (χ1n) is 2.31. The van der Waals surface area contributed by atoms with Crippen LogP contribution in [0.1, 0.15) is 6.92 Å². The van der Waals surface area contributed by atoms with E-state index in [1.165, 1.54) is 0 Å². The quantitative estimate of drug-likeness (QED) is 0.191. The third-order valence-electron chi connectivity index (χ3n) is 0.732. The Labute approximate surface area is 78.7 Å². The van der Waals surface area contributed by atoms with Gasteiger partial charge in [0.25, 0.3) is 0 Å². The van der Waals surface area contributed by atoms with Crippen LogP contribution in [0.2, 0.25) is 0 Å². The summed E-state index contributed by atoms with van der Waals surface area (Å²) in [4.78, 5) is 22.9. The molecule has 0 aromatic carbocycles. The van der Waals surface area contributed by atoms with Crippen LogP contribution in [-0.4, -0.2) is 35.0 Å². The van der Waals surface area contributed by atoms with Crippen molar-refractivity contribution in [1.82, 2.24) is 0 Å². The summed E-state index contributed by atoms with van der Waals surface area (Å²) in [6.45, 7) is 1.13. The molecule has 11 heavy (non-hydrogen) atoms. The zero-order valence-corrected chi connectivity index (χ0v) is 7.24. The van der Waals surface area contributed by atoms with Gasteiger partial charge in [-0.3, -0.25) is 0 Å². The first kappa shape index (κ1) is 13.0. The summed E-state index contributed by atoms with van der Waals surface area (Å²) in [5.41, 5.74) is -0.296. The molecular weight excluding hydrogens is 164 g/mol. The first-order valence-corrected chi connectivity index (χ1v) is 2.31. The van der Waals surface area contributed by atoms with Gasteiger partial charge in [0.2, 0.25) is 0 Å². The predicted molar refractivity (Wildman–Crippen MR) is 30.6 cm³/mol. The number of carbonyl (C=O) groups is 2. The number of rotatable bonds is 2. The standard InChI is InChI=1S/C5H6O5.Mg/c1-3(2-4(6)7)5(8)10-9;/h2,9H,1H3,(H,6,7);/q;+2/p-2. The van der Waals surface area contributed by atoms with Crippen molar-refractivity contribution in [3.05, 3.63) is 11.6 Å². The van der Waals surface area contributed by atoms with E-state index in [0.717, 1.165) is 6.92 Å². The molecule has 0 atom stereocenters. The molecule has 0 saturated heterocycles. The van der Waals surface area contributed by atoms with E-state index in [2.05, 4.69) is 4.89 Å². The zero-order valence-electron chi connectivity index (χ0n) is 5.83. The summed E-state index contributed by atoms with van der Waals surface area (Å²) in [5.74, 6) is -2.76. The van der Waals surface area contributed by atoms with Gasteiger partial charge in [0.15, 0.2) is 0 Å². The average Bonchev–Trinajstić information content (AvgIpc) is 1.85. The summed E-state index contributed by atoms with van der Waals surface area (Å²) in [6, 6.07) is 0. The molecule has 0 rings (SSSR count). The Bertz CT molecular complexity index is 185. The third-order valence-corrected chi connectivity index (χ3v) is 0.732. The predicted octanol–water partition coefficient (Wildman–Crippen LogP) is -2.88. The maximum Gasteiger partial charge on any atom is 2.00 e. The molecule has 0 radical (unpaired) electrons. The Balaban J connectivity index is 0. The number of carboxylic acid groups (broad SMARTS) is 1. The van der Waals surface area contributed by atoms with Crippen molar-refractivity contribution >= 4 is 35.0 Å². The van der Waals surface area contributed by atoms with Crippen LogP contribution < -0.4 is 10.4 Å². The molecule has 5 nitrogen and oxygen atoms in total. The summed E-state index contributed by atoms with van der Waals surface area (Å²) in [7, 11) is 0. The Hall–Kier alpha value is -0.594. The number of aliphatic carboxylic acids is 1. The number of hydrogen-bond donors (Lipinski definition) is 0. The molecule has 0 spiro atoms. The van der Waals surface area contributed by atoms with Crippen molar-refractivity contribution in [3.63, 3.8) is 0 Å². The fraction of sp³-hybridized carbons (Fsp3) is 0.200. The van der Waals surface area contributed by atoms with Gasteiger partial charge in [-0.15, -0.1) is 0 Å². The molecule has 0 fully saturated rings. The van der Waals surface area contributed by atoms with E-state index in [0.29, 0.717) is 6.08 Å². The summed E-state index contributed by atoms with van der Waals surface area (Å²) in [6.07, 6.45) is 0.486. The van der Waals surface area contributed by atoms with Gasteiger partial charge in [-0.2, -0.15) is 0 Å². The summed E-state index contributed by atoms with van der Waals surface area (Å²) >= 11 is 0. The molecule has 0 heterocycles. The van der Waals surface area contributed by atoms with Crippen molar-refractivity contribution in [2.24, 2.45) is 0 Å². The minimum atomic E-state index is -1.54. The molecule has 56 valence electrons.